The van der Waals surface area contributed by atoms with Crippen LogP contribution in [-0.4, -0.2) is 0 Å². The molecule has 1 aromatic heterocycles. The van der Waals surface area contributed by atoms with Gasteiger partial charge >= 0.3 is 0 Å². The highest BCUT2D eigenvalue weighted by atomic mass is 32.1. The number of benzene rings is 1. The zero-order chi connectivity index (χ0) is 10.5. The summed E-state index contributed by atoms with van der Waals surface area (Å²) in [6.07, 6.45) is 8.91. The molecule has 0 saturated carbocycles. The number of fused-ring (bicyclic) bond motifs is 1. The molecule has 0 unspecified atom stereocenters. The molecule has 0 aliphatic heterocycles. The third-order valence-electron chi connectivity index (χ3n) is 2.26. The third kappa shape index (κ3) is 2.57. The van der Waals surface area contributed by atoms with Crippen molar-refractivity contribution in [1.29, 1.82) is 0 Å². The van der Waals surface area contributed by atoms with Gasteiger partial charge in [-0.05, 0) is 41.8 Å². The van der Waals surface area contributed by atoms with E-state index < -0.39 is 0 Å². The van der Waals surface area contributed by atoms with Crippen LogP contribution < -0.4 is 0 Å². The molecular weight excluding hydrogens is 200 g/mol. The van der Waals surface area contributed by atoms with E-state index in [2.05, 4.69) is 42.6 Å². The lowest BCUT2D eigenvalue weighted by Crippen LogP contribution is -1.78. The van der Waals surface area contributed by atoms with Crippen molar-refractivity contribution in [2.24, 2.45) is 0 Å². The van der Waals surface area contributed by atoms with Gasteiger partial charge in [0.2, 0.25) is 0 Å². The van der Waals surface area contributed by atoms with Crippen LogP contribution in [0, 0.1) is 6.92 Å². The predicted molar refractivity (Wildman–Crippen MR) is 69.2 cm³/mol. The van der Waals surface area contributed by atoms with Gasteiger partial charge in [0.15, 0.2) is 0 Å². The van der Waals surface area contributed by atoms with Gasteiger partial charge in [-0.3, -0.25) is 0 Å². The Kier molecular flexibility index (Phi) is 3.36. The Morgan fingerprint density at radius 3 is 3.00 bits per heavy atom. The van der Waals surface area contributed by atoms with Crippen molar-refractivity contribution in [1.82, 2.24) is 0 Å². The van der Waals surface area contributed by atoms with E-state index in [1.807, 2.05) is 12.2 Å². The molecule has 75 valence electrons. The average Bonchev–Trinajstić information content (AvgIpc) is 2.71. The second-order valence-electron chi connectivity index (χ2n) is 3.35. The first-order chi connectivity index (χ1) is 7.40. The lowest BCUT2D eigenvalue weighted by molar-refractivity contribution is 1.28. The van der Waals surface area contributed by atoms with Crippen molar-refractivity contribution in [3.63, 3.8) is 0 Å². The van der Waals surface area contributed by atoms with E-state index in [0.29, 0.717) is 0 Å². The van der Waals surface area contributed by atoms with E-state index in [9.17, 15) is 0 Å². The highest BCUT2D eigenvalue weighted by Crippen LogP contribution is 2.22. The van der Waals surface area contributed by atoms with Crippen LogP contribution in [0.2, 0.25) is 0 Å². The molecule has 0 atom stereocenters. The fraction of sp³-hybridized carbons (Fsp3) is 0.0714. The number of thiophene rings is 1. The SMILES string of the molecule is [CH2]C=CC=CCc1ccc2ccsc2c1. The summed E-state index contributed by atoms with van der Waals surface area (Å²) >= 11 is 1.80. The Morgan fingerprint density at radius 1 is 1.20 bits per heavy atom. The maximum absolute atomic E-state index is 3.63. The second kappa shape index (κ2) is 4.94. The molecule has 0 amide bonds. The lowest BCUT2D eigenvalue weighted by atomic mass is 10.1. The molecule has 1 heterocycles. The zero-order valence-corrected chi connectivity index (χ0v) is 9.34. The monoisotopic (exact) mass is 213 g/mol. The second-order valence-corrected chi connectivity index (χ2v) is 4.30. The summed E-state index contributed by atoms with van der Waals surface area (Å²) in [7, 11) is 0. The highest BCUT2D eigenvalue weighted by Gasteiger charge is 1.95. The van der Waals surface area contributed by atoms with Crippen LogP contribution in [0.5, 0.6) is 0 Å². The van der Waals surface area contributed by atoms with Gasteiger partial charge in [-0.2, -0.15) is 0 Å². The molecule has 0 N–H and O–H groups in total. The van der Waals surface area contributed by atoms with Gasteiger partial charge in [-0.15, -0.1) is 11.3 Å². The van der Waals surface area contributed by atoms with Gasteiger partial charge in [0.05, 0.1) is 0 Å². The van der Waals surface area contributed by atoms with Crippen LogP contribution >= 0.6 is 11.3 Å². The highest BCUT2D eigenvalue weighted by molar-refractivity contribution is 7.17. The first kappa shape index (κ1) is 10.2. The molecule has 15 heavy (non-hydrogen) atoms. The molecule has 0 saturated heterocycles. The average molecular weight is 213 g/mol. The van der Waals surface area contributed by atoms with E-state index in [4.69, 9.17) is 0 Å². The fourth-order valence-electron chi connectivity index (χ4n) is 1.49. The molecule has 2 aromatic rings. The van der Waals surface area contributed by atoms with Crippen LogP contribution in [0.4, 0.5) is 0 Å². The van der Waals surface area contributed by atoms with Crippen molar-refractivity contribution in [3.05, 3.63) is 66.4 Å². The maximum atomic E-state index is 3.63. The summed E-state index contributed by atoms with van der Waals surface area (Å²) in [4.78, 5) is 0. The number of rotatable bonds is 3. The predicted octanol–water partition coefficient (Wildman–Crippen LogP) is 4.39. The Morgan fingerprint density at radius 2 is 2.13 bits per heavy atom. The van der Waals surface area contributed by atoms with Crippen LogP contribution in [0.1, 0.15) is 5.56 Å². The van der Waals surface area contributed by atoms with Crippen molar-refractivity contribution < 1.29 is 0 Å². The normalized spacial score (nSPS) is 12.1. The van der Waals surface area contributed by atoms with E-state index in [1.54, 1.807) is 17.4 Å². The number of hydrogen-bond acceptors (Lipinski definition) is 1. The molecule has 0 spiro atoms. The van der Waals surface area contributed by atoms with Crippen LogP contribution in [0.15, 0.2) is 53.9 Å². The van der Waals surface area contributed by atoms with Crippen LogP contribution in [-0.2, 0) is 6.42 Å². The molecule has 1 heteroatoms. The van der Waals surface area contributed by atoms with E-state index >= 15 is 0 Å². The van der Waals surface area contributed by atoms with Crippen molar-refractivity contribution >= 4 is 21.4 Å². The van der Waals surface area contributed by atoms with E-state index in [1.165, 1.54) is 15.6 Å². The van der Waals surface area contributed by atoms with Crippen molar-refractivity contribution in [2.45, 2.75) is 6.42 Å². The Labute approximate surface area is 94.6 Å². The van der Waals surface area contributed by atoms with Crippen molar-refractivity contribution in [2.75, 3.05) is 0 Å². The molecule has 1 aromatic carbocycles. The quantitative estimate of drug-likeness (QED) is 0.663. The standard InChI is InChI=1S/C14H13S/c1-2-3-4-5-6-12-7-8-13-9-10-15-14(13)11-12/h2-5,7-11H,1,6H2. The molecule has 0 bridgehead atoms. The van der Waals surface area contributed by atoms with Crippen molar-refractivity contribution in [3.8, 4) is 0 Å². The molecule has 0 aliphatic carbocycles. The molecule has 0 fully saturated rings. The number of allylic oxidation sites excluding steroid dienone is 4. The topological polar surface area (TPSA) is 0 Å². The molecular formula is C14H13S. The zero-order valence-electron chi connectivity index (χ0n) is 8.52. The van der Waals surface area contributed by atoms with Gasteiger partial charge < -0.3 is 0 Å². The summed E-state index contributed by atoms with van der Waals surface area (Å²) in [6.45, 7) is 3.63. The minimum atomic E-state index is 0.984. The minimum absolute atomic E-state index is 0.984. The summed E-state index contributed by atoms with van der Waals surface area (Å²) in [6, 6.07) is 8.79. The first-order valence-electron chi connectivity index (χ1n) is 4.97. The number of hydrogen-bond donors (Lipinski definition) is 0. The Bertz CT molecular complexity index is 489. The Hall–Kier alpha value is -1.34. The largest absolute Gasteiger partial charge is 0.144 e. The smallest absolute Gasteiger partial charge is 0.0345 e. The van der Waals surface area contributed by atoms with Gasteiger partial charge in [0.1, 0.15) is 0 Å². The van der Waals surface area contributed by atoms with E-state index in [-0.39, 0.29) is 0 Å². The van der Waals surface area contributed by atoms with Gasteiger partial charge in [0.25, 0.3) is 0 Å². The van der Waals surface area contributed by atoms with Gasteiger partial charge in [-0.1, -0.05) is 36.4 Å². The molecule has 0 aliphatic rings. The van der Waals surface area contributed by atoms with Crippen LogP contribution in [0.25, 0.3) is 10.1 Å². The van der Waals surface area contributed by atoms with Gasteiger partial charge in [0, 0.05) is 4.70 Å². The maximum Gasteiger partial charge on any atom is 0.0345 e. The summed E-state index contributed by atoms with van der Waals surface area (Å²) in [5.41, 5.74) is 1.36. The summed E-state index contributed by atoms with van der Waals surface area (Å²) in [5, 5.41) is 3.47. The first-order valence-corrected chi connectivity index (χ1v) is 5.85. The third-order valence-corrected chi connectivity index (χ3v) is 3.14. The Balaban J connectivity index is 2.14. The molecule has 2 rings (SSSR count). The van der Waals surface area contributed by atoms with Crippen LogP contribution in [0.3, 0.4) is 0 Å². The van der Waals surface area contributed by atoms with E-state index in [0.717, 1.165) is 6.42 Å². The fourth-order valence-corrected chi connectivity index (χ4v) is 2.34. The minimum Gasteiger partial charge on any atom is -0.144 e. The van der Waals surface area contributed by atoms with Gasteiger partial charge in [-0.25, -0.2) is 0 Å². The molecule has 1 radical (unpaired) electrons. The molecule has 0 nitrogen and oxygen atoms in total. The summed E-state index contributed by atoms with van der Waals surface area (Å²) < 4.78 is 1.37. The lowest BCUT2D eigenvalue weighted by Gasteiger charge is -1.96. The summed E-state index contributed by atoms with van der Waals surface area (Å²) in [5.74, 6) is 0.